The quantitative estimate of drug-likeness (QED) is 0.0460. The van der Waals surface area contributed by atoms with Crippen molar-refractivity contribution in [1.82, 2.24) is 0 Å². The van der Waals surface area contributed by atoms with Crippen molar-refractivity contribution < 1.29 is 67.1 Å². The molecular weight excluding hydrogens is 837 g/mol. The van der Waals surface area contributed by atoms with Crippen LogP contribution >= 0.6 is 0 Å². The Hall–Kier alpha value is -5.27. The number of aromatic carboxylic acids is 1. The van der Waals surface area contributed by atoms with E-state index in [2.05, 4.69) is 13.8 Å². The lowest BCUT2D eigenvalue weighted by molar-refractivity contribution is -0.155. The molecule has 3 unspecified atom stereocenters. The van der Waals surface area contributed by atoms with Gasteiger partial charge in [0.25, 0.3) is 0 Å². The molecule has 0 bridgehead atoms. The summed E-state index contributed by atoms with van der Waals surface area (Å²) in [5.74, 6) is -2.90. The molecule has 65 heavy (non-hydrogen) atoms. The highest BCUT2D eigenvalue weighted by molar-refractivity contribution is 6.02. The first-order chi connectivity index (χ1) is 31.0. The maximum Gasteiger partial charge on any atom is 0.339 e. The molecule has 0 spiro atoms. The standard InChI is InChI=1S/C23H42O6.C15H18O6.C13H18O2/c1-5-8-13-20(7-3)18-29-22(25)14-10-9-11-16-27-21(24)15-12-17-28-23(26)19(4)6-2;1-3-10(2)14(18)20-8-9-21-15(19)12-7-5-4-6-11(12)13(16)17;1-4-13(2,3)12(14)15-10-11-8-6-5-7-9-11/h19-20H,5-18H2,1-4H3;4-7,10H,3,8-9H2,1-2H3,(H,16,17);5-9H,4,10H2,1-3H3. The zero-order chi connectivity index (χ0) is 49.0. The highest BCUT2D eigenvalue weighted by Gasteiger charge is 2.27. The third-order valence-corrected chi connectivity index (χ3v) is 10.7. The number of rotatable bonds is 29. The summed E-state index contributed by atoms with van der Waals surface area (Å²) in [6, 6.07) is 15.5. The molecular formula is C51H78O14. The number of benzene rings is 2. The van der Waals surface area contributed by atoms with Gasteiger partial charge < -0.3 is 33.5 Å². The van der Waals surface area contributed by atoms with E-state index < -0.39 is 11.9 Å². The van der Waals surface area contributed by atoms with E-state index in [0.717, 1.165) is 50.5 Å². The third-order valence-electron chi connectivity index (χ3n) is 10.7. The molecule has 14 nitrogen and oxygen atoms in total. The van der Waals surface area contributed by atoms with E-state index in [1.807, 2.05) is 71.9 Å². The summed E-state index contributed by atoms with van der Waals surface area (Å²) in [5, 5.41) is 8.97. The largest absolute Gasteiger partial charge is 0.478 e. The molecule has 0 aromatic heterocycles. The maximum absolute atomic E-state index is 11.8. The molecule has 3 atom stereocenters. The minimum atomic E-state index is -1.20. The topological polar surface area (TPSA) is 195 Å². The summed E-state index contributed by atoms with van der Waals surface area (Å²) < 4.78 is 30.7. The van der Waals surface area contributed by atoms with Crippen LogP contribution in [0.25, 0.3) is 0 Å². The molecule has 0 aliphatic heterocycles. The van der Waals surface area contributed by atoms with Crippen LogP contribution in [-0.2, 0) is 59.0 Å². The lowest BCUT2D eigenvalue weighted by Gasteiger charge is -2.20. The highest BCUT2D eigenvalue weighted by atomic mass is 16.6. The molecule has 14 heteroatoms. The number of hydrogen-bond donors (Lipinski definition) is 1. The predicted molar refractivity (Wildman–Crippen MR) is 248 cm³/mol. The molecule has 2 aromatic rings. The van der Waals surface area contributed by atoms with E-state index in [-0.39, 0.29) is 84.5 Å². The summed E-state index contributed by atoms with van der Waals surface area (Å²) in [7, 11) is 0. The lowest BCUT2D eigenvalue weighted by atomic mass is 9.91. The first-order valence-electron chi connectivity index (χ1n) is 23.3. The number of carboxylic acids is 1. The normalized spacial score (nSPS) is 12.0. The Kier molecular flexibility index (Phi) is 33.1. The summed E-state index contributed by atoms with van der Waals surface area (Å²) in [6.07, 6.45) is 10.2. The van der Waals surface area contributed by atoms with Gasteiger partial charge in [0.2, 0.25) is 0 Å². The molecule has 1 N–H and O–H groups in total. The molecule has 0 aliphatic carbocycles. The Morgan fingerprint density at radius 3 is 1.68 bits per heavy atom. The fraction of sp³-hybridized carbons (Fsp3) is 0.627. The summed E-state index contributed by atoms with van der Waals surface area (Å²) in [5.41, 5.74) is 0.490. The van der Waals surface area contributed by atoms with Crippen LogP contribution in [0.4, 0.5) is 0 Å². The van der Waals surface area contributed by atoms with E-state index in [4.69, 9.17) is 33.5 Å². The minimum Gasteiger partial charge on any atom is -0.478 e. The molecule has 0 saturated carbocycles. The van der Waals surface area contributed by atoms with Crippen LogP contribution in [0.3, 0.4) is 0 Å². The molecule has 366 valence electrons. The fourth-order valence-corrected chi connectivity index (χ4v) is 5.26. The SMILES string of the molecule is CCC(C)(C)C(=O)OCc1ccccc1.CCC(C)C(=O)OCCOC(=O)c1ccccc1C(=O)O.CCCCC(CC)COC(=O)CCCCCOC(=O)CCCOC(=O)C(C)CC. The number of esters is 6. The van der Waals surface area contributed by atoms with Gasteiger partial charge in [0.05, 0.1) is 48.2 Å². The van der Waals surface area contributed by atoms with Crippen molar-refractivity contribution in [2.24, 2.45) is 23.2 Å². The number of carboxylic acid groups (broad SMARTS) is 1. The van der Waals surface area contributed by atoms with Crippen molar-refractivity contribution >= 4 is 41.8 Å². The Bertz CT molecular complexity index is 1670. The van der Waals surface area contributed by atoms with Crippen molar-refractivity contribution in [2.45, 2.75) is 152 Å². The van der Waals surface area contributed by atoms with E-state index in [1.165, 1.54) is 31.0 Å². The van der Waals surface area contributed by atoms with Gasteiger partial charge in [-0.05, 0) is 88.8 Å². The zero-order valence-corrected chi connectivity index (χ0v) is 40.6. The van der Waals surface area contributed by atoms with Gasteiger partial charge in [-0.1, -0.05) is 110 Å². The Labute approximate surface area is 387 Å². The highest BCUT2D eigenvalue weighted by Crippen LogP contribution is 2.22. The van der Waals surface area contributed by atoms with Gasteiger partial charge in [-0.3, -0.25) is 24.0 Å². The number of ether oxygens (including phenoxy) is 6. The van der Waals surface area contributed by atoms with E-state index in [0.29, 0.717) is 45.0 Å². The average molecular weight is 915 g/mol. The third kappa shape index (κ3) is 28.3. The number of carbonyl (C=O) groups excluding carboxylic acids is 6. The summed E-state index contributed by atoms with van der Waals surface area (Å²) >= 11 is 0. The van der Waals surface area contributed by atoms with Crippen LogP contribution in [0.2, 0.25) is 0 Å². The van der Waals surface area contributed by atoms with Gasteiger partial charge in [0, 0.05) is 12.8 Å². The lowest BCUT2D eigenvalue weighted by Crippen LogP contribution is -2.25. The number of carbonyl (C=O) groups is 7. The average Bonchev–Trinajstić information content (AvgIpc) is 3.31. The second-order valence-electron chi connectivity index (χ2n) is 16.5. The Morgan fingerprint density at radius 2 is 1.11 bits per heavy atom. The summed E-state index contributed by atoms with van der Waals surface area (Å²) in [4.78, 5) is 80.7. The van der Waals surface area contributed by atoms with Crippen LogP contribution in [0.1, 0.15) is 172 Å². The monoisotopic (exact) mass is 915 g/mol. The van der Waals surface area contributed by atoms with E-state index in [9.17, 15) is 33.6 Å². The van der Waals surface area contributed by atoms with E-state index >= 15 is 0 Å². The smallest absolute Gasteiger partial charge is 0.339 e. The first kappa shape index (κ1) is 59.7. The fourth-order valence-electron chi connectivity index (χ4n) is 5.26. The van der Waals surface area contributed by atoms with Crippen LogP contribution in [0.15, 0.2) is 54.6 Å². The minimum absolute atomic E-state index is 0.0294. The number of unbranched alkanes of at least 4 members (excludes halogenated alkanes) is 3. The molecule has 0 saturated heterocycles. The maximum atomic E-state index is 11.8. The van der Waals surface area contributed by atoms with Gasteiger partial charge in [-0.25, -0.2) is 9.59 Å². The van der Waals surface area contributed by atoms with Gasteiger partial charge >= 0.3 is 41.8 Å². The number of hydrogen-bond acceptors (Lipinski definition) is 13. The van der Waals surface area contributed by atoms with Crippen LogP contribution < -0.4 is 0 Å². The molecule has 0 aliphatic rings. The first-order valence-corrected chi connectivity index (χ1v) is 23.3. The zero-order valence-electron chi connectivity index (χ0n) is 40.6. The van der Waals surface area contributed by atoms with Crippen LogP contribution in [0.5, 0.6) is 0 Å². The molecule has 2 aromatic carbocycles. The molecule has 0 heterocycles. The Balaban J connectivity index is 0.000000995. The predicted octanol–water partition coefficient (Wildman–Crippen LogP) is 10.5. The second kappa shape index (κ2) is 36.0. The summed E-state index contributed by atoms with van der Waals surface area (Å²) in [6.45, 7) is 18.8. The Morgan fingerprint density at radius 1 is 0.569 bits per heavy atom. The van der Waals surface area contributed by atoms with Gasteiger partial charge in [-0.2, -0.15) is 0 Å². The van der Waals surface area contributed by atoms with Crippen molar-refractivity contribution in [1.29, 1.82) is 0 Å². The molecule has 0 radical (unpaired) electrons. The van der Waals surface area contributed by atoms with Gasteiger partial charge in [0.1, 0.15) is 19.8 Å². The van der Waals surface area contributed by atoms with Crippen molar-refractivity contribution in [3.8, 4) is 0 Å². The van der Waals surface area contributed by atoms with Gasteiger partial charge in [0.15, 0.2) is 0 Å². The van der Waals surface area contributed by atoms with Crippen LogP contribution in [0, 0.1) is 23.2 Å². The van der Waals surface area contributed by atoms with Gasteiger partial charge in [-0.15, -0.1) is 0 Å². The second-order valence-corrected chi connectivity index (χ2v) is 16.5. The molecule has 0 amide bonds. The molecule has 0 fully saturated rings. The molecule has 2 rings (SSSR count). The van der Waals surface area contributed by atoms with Crippen molar-refractivity contribution in [2.75, 3.05) is 33.0 Å². The van der Waals surface area contributed by atoms with Crippen molar-refractivity contribution in [3.05, 3.63) is 71.3 Å². The van der Waals surface area contributed by atoms with Crippen LogP contribution in [-0.4, -0.2) is 79.9 Å². The van der Waals surface area contributed by atoms with E-state index in [1.54, 1.807) is 13.0 Å². The van der Waals surface area contributed by atoms with Crippen molar-refractivity contribution in [3.63, 3.8) is 0 Å².